The van der Waals surface area contributed by atoms with Crippen molar-refractivity contribution in [2.75, 3.05) is 19.7 Å². The molecule has 2 fully saturated rings. The van der Waals surface area contributed by atoms with Gasteiger partial charge in [-0.05, 0) is 50.6 Å². The van der Waals surface area contributed by atoms with E-state index in [1.807, 2.05) is 0 Å². The number of halogens is 3. The van der Waals surface area contributed by atoms with Crippen LogP contribution in [0.3, 0.4) is 0 Å². The molecule has 23 heavy (non-hydrogen) atoms. The van der Waals surface area contributed by atoms with E-state index in [-0.39, 0.29) is 34.0 Å². The van der Waals surface area contributed by atoms with E-state index in [4.69, 9.17) is 16.3 Å². The summed E-state index contributed by atoms with van der Waals surface area (Å²) in [5.41, 5.74) is -0.231. The summed E-state index contributed by atoms with van der Waals surface area (Å²) in [6.45, 7) is 2.10. The lowest BCUT2D eigenvalue weighted by Gasteiger charge is -2.32. The standard InChI is InChI=1S/C14H18ClFN2O3S.ClH/c15-12-7-10(16)1-2-13(12)22(19,20)18-11-8-14(21-9-11)3-5-17-6-4-14;/h1-2,7,11,17-18H,3-6,8-9H2;1H. The van der Waals surface area contributed by atoms with Crippen LogP contribution in [0, 0.1) is 5.82 Å². The number of rotatable bonds is 3. The summed E-state index contributed by atoms with van der Waals surface area (Å²) in [5, 5.41) is 3.14. The molecule has 0 aromatic heterocycles. The molecule has 0 bridgehead atoms. The van der Waals surface area contributed by atoms with Gasteiger partial charge in [-0.15, -0.1) is 12.4 Å². The zero-order chi connectivity index (χ0) is 15.8. The lowest BCUT2D eigenvalue weighted by Crippen LogP contribution is -2.43. The van der Waals surface area contributed by atoms with Gasteiger partial charge in [-0.3, -0.25) is 0 Å². The minimum atomic E-state index is -3.79. The summed E-state index contributed by atoms with van der Waals surface area (Å²) in [6.07, 6.45) is 2.40. The van der Waals surface area contributed by atoms with Crippen LogP contribution in [0.25, 0.3) is 0 Å². The quantitative estimate of drug-likeness (QED) is 0.836. The molecule has 3 rings (SSSR count). The van der Waals surface area contributed by atoms with E-state index in [2.05, 4.69) is 10.0 Å². The fourth-order valence-corrected chi connectivity index (χ4v) is 4.88. The van der Waals surface area contributed by atoms with Gasteiger partial charge in [0.1, 0.15) is 10.7 Å². The van der Waals surface area contributed by atoms with Crippen molar-refractivity contribution in [3.8, 4) is 0 Å². The van der Waals surface area contributed by atoms with E-state index in [0.717, 1.165) is 38.1 Å². The highest BCUT2D eigenvalue weighted by molar-refractivity contribution is 7.89. The summed E-state index contributed by atoms with van der Waals surface area (Å²) in [6, 6.07) is 2.97. The number of nitrogens with one attached hydrogen (secondary N) is 2. The molecule has 2 heterocycles. The van der Waals surface area contributed by atoms with Crippen LogP contribution in [-0.4, -0.2) is 39.8 Å². The van der Waals surface area contributed by atoms with Crippen LogP contribution >= 0.6 is 24.0 Å². The first kappa shape index (κ1) is 18.9. The Kier molecular flexibility index (Phi) is 5.92. The maximum absolute atomic E-state index is 13.1. The van der Waals surface area contributed by atoms with E-state index in [9.17, 15) is 12.8 Å². The second-order valence-corrected chi connectivity index (χ2v) is 7.93. The molecule has 1 unspecified atom stereocenters. The minimum absolute atomic E-state index is 0. The number of piperidine rings is 1. The van der Waals surface area contributed by atoms with Gasteiger partial charge in [0.05, 0.1) is 17.2 Å². The van der Waals surface area contributed by atoms with Crippen molar-refractivity contribution in [1.82, 2.24) is 10.0 Å². The van der Waals surface area contributed by atoms with Crippen LogP contribution in [0.15, 0.2) is 23.1 Å². The molecule has 0 aliphatic carbocycles. The van der Waals surface area contributed by atoms with E-state index in [1.165, 1.54) is 6.07 Å². The van der Waals surface area contributed by atoms with Crippen molar-refractivity contribution in [1.29, 1.82) is 0 Å². The first-order valence-corrected chi connectivity index (χ1v) is 9.08. The molecule has 0 radical (unpaired) electrons. The molecule has 2 aliphatic heterocycles. The lowest BCUT2D eigenvalue weighted by atomic mass is 9.88. The van der Waals surface area contributed by atoms with E-state index >= 15 is 0 Å². The Morgan fingerprint density at radius 2 is 2.04 bits per heavy atom. The second-order valence-electron chi connectivity index (χ2n) is 5.84. The van der Waals surface area contributed by atoms with Gasteiger partial charge in [0.2, 0.25) is 10.0 Å². The maximum Gasteiger partial charge on any atom is 0.242 e. The van der Waals surface area contributed by atoms with Crippen molar-refractivity contribution in [3.05, 3.63) is 29.0 Å². The van der Waals surface area contributed by atoms with Gasteiger partial charge < -0.3 is 10.1 Å². The molecular formula is C14H19Cl2FN2O3S. The molecule has 2 aliphatic rings. The Labute approximate surface area is 146 Å². The van der Waals surface area contributed by atoms with Crippen molar-refractivity contribution in [3.63, 3.8) is 0 Å². The smallest absolute Gasteiger partial charge is 0.242 e. The third-order valence-electron chi connectivity index (χ3n) is 4.23. The molecule has 5 nitrogen and oxygen atoms in total. The van der Waals surface area contributed by atoms with Gasteiger partial charge in [-0.2, -0.15) is 0 Å². The summed E-state index contributed by atoms with van der Waals surface area (Å²) >= 11 is 5.84. The normalized spacial score (nSPS) is 23.7. The van der Waals surface area contributed by atoms with Crippen LogP contribution in [0.2, 0.25) is 5.02 Å². The summed E-state index contributed by atoms with van der Waals surface area (Å²) < 4.78 is 46.4. The third-order valence-corrected chi connectivity index (χ3v) is 6.23. The van der Waals surface area contributed by atoms with Crippen molar-refractivity contribution < 1.29 is 17.5 Å². The van der Waals surface area contributed by atoms with Crippen LogP contribution in [0.4, 0.5) is 4.39 Å². The highest BCUT2D eigenvalue weighted by Gasteiger charge is 2.42. The van der Waals surface area contributed by atoms with Gasteiger partial charge in [0, 0.05) is 6.04 Å². The number of sulfonamides is 1. The number of benzene rings is 1. The highest BCUT2D eigenvalue weighted by atomic mass is 35.5. The number of hydrogen-bond donors (Lipinski definition) is 2. The molecule has 0 saturated carbocycles. The molecule has 9 heteroatoms. The van der Waals surface area contributed by atoms with Crippen molar-refractivity contribution in [2.45, 2.75) is 35.8 Å². The number of ether oxygens (including phenoxy) is 1. The van der Waals surface area contributed by atoms with Crippen molar-refractivity contribution >= 4 is 34.0 Å². The van der Waals surface area contributed by atoms with Gasteiger partial charge >= 0.3 is 0 Å². The molecule has 1 aromatic carbocycles. The molecule has 1 aromatic rings. The molecule has 1 spiro atoms. The Bertz CT molecular complexity index is 666. The zero-order valence-corrected chi connectivity index (χ0v) is 14.7. The van der Waals surface area contributed by atoms with Gasteiger partial charge in [0.15, 0.2) is 0 Å². The van der Waals surface area contributed by atoms with Gasteiger partial charge in [-0.25, -0.2) is 17.5 Å². The van der Waals surface area contributed by atoms with E-state index < -0.39 is 15.8 Å². The van der Waals surface area contributed by atoms with E-state index in [0.29, 0.717) is 13.0 Å². The minimum Gasteiger partial charge on any atom is -0.373 e. The zero-order valence-electron chi connectivity index (χ0n) is 12.3. The molecular weight excluding hydrogens is 366 g/mol. The Balaban J connectivity index is 0.00000192. The fourth-order valence-electron chi connectivity index (χ4n) is 3.13. The Morgan fingerprint density at radius 1 is 1.35 bits per heavy atom. The average Bonchev–Trinajstić information content (AvgIpc) is 2.80. The van der Waals surface area contributed by atoms with Crippen molar-refractivity contribution in [2.24, 2.45) is 0 Å². The molecule has 2 saturated heterocycles. The largest absolute Gasteiger partial charge is 0.373 e. The van der Waals surface area contributed by atoms with Crippen LogP contribution < -0.4 is 10.0 Å². The molecule has 130 valence electrons. The average molecular weight is 385 g/mol. The summed E-state index contributed by atoms with van der Waals surface area (Å²) in [5.74, 6) is -0.568. The molecule has 0 amide bonds. The first-order chi connectivity index (χ1) is 10.4. The van der Waals surface area contributed by atoms with Gasteiger partial charge in [-0.1, -0.05) is 11.6 Å². The predicted molar refractivity (Wildman–Crippen MR) is 88.2 cm³/mol. The molecule has 2 N–H and O–H groups in total. The van der Waals surface area contributed by atoms with Crippen LogP contribution in [0.5, 0.6) is 0 Å². The third kappa shape index (κ3) is 4.15. The Morgan fingerprint density at radius 3 is 2.70 bits per heavy atom. The maximum atomic E-state index is 13.1. The Hall–Kier alpha value is -0.440. The SMILES string of the molecule is Cl.O=S(=O)(NC1COC2(CCNCC2)C1)c1ccc(F)cc1Cl. The second kappa shape index (κ2) is 7.21. The highest BCUT2D eigenvalue weighted by Crippen LogP contribution is 2.34. The van der Waals surface area contributed by atoms with Gasteiger partial charge in [0.25, 0.3) is 0 Å². The summed E-state index contributed by atoms with van der Waals surface area (Å²) in [4.78, 5) is -0.109. The van der Waals surface area contributed by atoms with E-state index in [1.54, 1.807) is 0 Å². The lowest BCUT2D eigenvalue weighted by molar-refractivity contribution is -0.0193. The van der Waals surface area contributed by atoms with Crippen LogP contribution in [-0.2, 0) is 14.8 Å². The number of hydrogen-bond acceptors (Lipinski definition) is 4. The molecule has 1 atom stereocenters. The predicted octanol–water partition coefficient (Wildman–Crippen LogP) is 2.09. The topological polar surface area (TPSA) is 67.4 Å². The summed E-state index contributed by atoms with van der Waals surface area (Å²) in [7, 11) is -3.79. The first-order valence-electron chi connectivity index (χ1n) is 7.22. The monoisotopic (exact) mass is 384 g/mol. The fraction of sp³-hybridized carbons (Fsp3) is 0.571. The van der Waals surface area contributed by atoms with Crippen LogP contribution in [0.1, 0.15) is 19.3 Å².